The number of furan rings is 1. The molecule has 0 saturated carbocycles. The van der Waals surface area contributed by atoms with Crippen molar-refractivity contribution < 1.29 is 17.5 Å². The molecule has 2 aromatic carbocycles. The second kappa shape index (κ2) is 6.34. The van der Waals surface area contributed by atoms with Gasteiger partial charge in [0.15, 0.2) is 5.52 Å². The Morgan fingerprint density at radius 1 is 1.10 bits per heavy atom. The SMILES string of the molecule is N=C1c2ccoc2NCN1c1ccc(NS(=O)(=O)c2cccc3nonc23)cc1. The first-order valence-electron chi connectivity index (χ1n) is 8.55. The highest BCUT2D eigenvalue weighted by molar-refractivity contribution is 7.93. The molecule has 0 spiro atoms. The maximum Gasteiger partial charge on any atom is 0.264 e. The van der Waals surface area contributed by atoms with E-state index in [9.17, 15) is 8.42 Å². The van der Waals surface area contributed by atoms with Crippen molar-refractivity contribution in [2.24, 2.45) is 0 Å². The van der Waals surface area contributed by atoms with Crippen LogP contribution in [0.25, 0.3) is 11.0 Å². The molecule has 0 radical (unpaired) electrons. The van der Waals surface area contributed by atoms with Crippen molar-refractivity contribution >= 4 is 44.2 Å². The molecule has 0 amide bonds. The maximum absolute atomic E-state index is 12.8. The highest BCUT2D eigenvalue weighted by Crippen LogP contribution is 2.28. The van der Waals surface area contributed by atoms with E-state index in [1.807, 2.05) is 0 Å². The molecule has 3 heterocycles. The van der Waals surface area contributed by atoms with Crippen LogP contribution in [-0.4, -0.2) is 31.2 Å². The van der Waals surface area contributed by atoms with Gasteiger partial charge >= 0.3 is 0 Å². The Labute approximate surface area is 164 Å². The maximum atomic E-state index is 12.8. The van der Waals surface area contributed by atoms with Crippen LogP contribution in [0.4, 0.5) is 17.3 Å². The van der Waals surface area contributed by atoms with Crippen LogP contribution in [0.3, 0.4) is 0 Å². The first kappa shape index (κ1) is 17.3. The van der Waals surface area contributed by atoms with Crippen molar-refractivity contribution in [1.29, 1.82) is 5.41 Å². The van der Waals surface area contributed by atoms with Gasteiger partial charge in [0.05, 0.1) is 18.5 Å². The second-order valence-electron chi connectivity index (χ2n) is 6.32. The molecule has 3 N–H and O–H groups in total. The second-order valence-corrected chi connectivity index (χ2v) is 7.97. The number of benzene rings is 2. The third kappa shape index (κ3) is 2.88. The van der Waals surface area contributed by atoms with E-state index >= 15 is 0 Å². The Morgan fingerprint density at radius 3 is 2.76 bits per heavy atom. The molecule has 0 saturated heterocycles. The first-order chi connectivity index (χ1) is 14.0. The van der Waals surface area contributed by atoms with E-state index in [2.05, 4.69) is 25.0 Å². The van der Waals surface area contributed by atoms with E-state index in [4.69, 9.17) is 9.83 Å². The van der Waals surface area contributed by atoms with Crippen LogP contribution < -0.4 is 14.9 Å². The predicted octanol–water partition coefficient (Wildman–Crippen LogP) is 2.83. The number of anilines is 3. The van der Waals surface area contributed by atoms with Crippen LogP contribution in [0, 0.1) is 5.41 Å². The largest absolute Gasteiger partial charge is 0.448 e. The number of rotatable bonds is 4. The molecular formula is C18H14N6O4S. The van der Waals surface area contributed by atoms with Crippen LogP contribution in [0.15, 0.2) is 68.7 Å². The van der Waals surface area contributed by atoms with Crippen LogP contribution in [-0.2, 0) is 10.0 Å². The Hall–Kier alpha value is -3.86. The van der Waals surface area contributed by atoms with Crippen molar-refractivity contribution in [3.8, 4) is 0 Å². The molecular weight excluding hydrogens is 396 g/mol. The van der Waals surface area contributed by atoms with Crippen LogP contribution in [0.2, 0.25) is 0 Å². The summed E-state index contributed by atoms with van der Waals surface area (Å²) in [5, 5.41) is 18.8. The molecule has 4 aromatic rings. The minimum absolute atomic E-state index is 0.0187. The van der Waals surface area contributed by atoms with Gasteiger partial charge in [0.25, 0.3) is 10.0 Å². The van der Waals surface area contributed by atoms with Gasteiger partial charge in [-0.2, -0.15) is 0 Å². The molecule has 11 heteroatoms. The molecule has 10 nitrogen and oxygen atoms in total. The minimum Gasteiger partial charge on any atom is -0.448 e. The molecule has 0 aliphatic carbocycles. The topological polar surface area (TPSA) is 137 Å². The molecule has 0 unspecified atom stereocenters. The molecule has 0 fully saturated rings. The fourth-order valence-corrected chi connectivity index (χ4v) is 4.36. The van der Waals surface area contributed by atoms with E-state index in [1.165, 1.54) is 12.3 Å². The summed E-state index contributed by atoms with van der Waals surface area (Å²) in [5.74, 6) is 0.859. The lowest BCUT2D eigenvalue weighted by Crippen LogP contribution is -2.39. The summed E-state index contributed by atoms with van der Waals surface area (Å²) in [7, 11) is -3.88. The zero-order valence-electron chi connectivity index (χ0n) is 14.8. The Bertz CT molecular complexity index is 1330. The van der Waals surface area contributed by atoms with Gasteiger partial charge in [-0.15, -0.1) is 0 Å². The summed E-state index contributed by atoms with van der Waals surface area (Å²) < 4.78 is 38.0. The van der Waals surface area contributed by atoms with Gasteiger partial charge in [0.2, 0.25) is 5.88 Å². The number of aromatic nitrogens is 2. The fourth-order valence-electron chi connectivity index (χ4n) is 3.15. The fraction of sp³-hybridized carbons (Fsp3) is 0.0556. The van der Waals surface area contributed by atoms with Crippen LogP contribution in [0.5, 0.6) is 0 Å². The van der Waals surface area contributed by atoms with E-state index in [0.29, 0.717) is 35.2 Å². The molecule has 1 aliphatic rings. The summed E-state index contributed by atoms with van der Waals surface area (Å²) in [6.45, 7) is 0.367. The average molecular weight is 410 g/mol. The van der Waals surface area contributed by atoms with Gasteiger partial charge in [-0.25, -0.2) is 13.0 Å². The molecule has 146 valence electrons. The van der Waals surface area contributed by atoms with Gasteiger partial charge in [-0.1, -0.05) is 6.07 Å². The van der Waals surface area contributed by atoms with Gasteiger partial charge in [-0.3, -0.25) is 10.1 Å². The van der Waals surface area contributed by atoms with Gasteiger partial charge in [0.1, 0.15) is 16.2 Å². The van der Waals surface area contributed by atoms with Crippen molar-refractivity contribution in [3.63, 3.8) is 0 Å². The van der Waals surface area contributed by atoms with Crippen LogP contribution >= 0.6 is 0 Å². The Balaban J connectivity index is 1.40. The number of hydrogen-bond acceptors (Lipinski definition) is 8. The normalized spacial score (nSPS) is 13.9. The average Bonchev–Trinajstić information content (AvgIpc) is 3.38. The molecule has 29 heavy (non-hydrogen) atoms. The number of hydrogen-bond donors (Lipinski definition) is 3. The summed E-state index contributed by atoms with van der Waals surface area (Å²) in [5.41, 5.74) is 2.30. The Kier molecular flexibility index (Phi) is 3.77. The van der Waals surface area contributed by atoms with Gasteiger partial charge < -0.3 is 14.6 Å². The van der Waals surface area contributed by atoms with Crippen molar-refractivity contribution in [2.45, 2.75) is 4.90 Å². The third-order valence-electron chi connectivity index (χ3n) is 4.56. The molecule has 1 aliphatic heterocycles. The summed E-state index contributed by atoms with van der Waals surface area (Å²) >= 11 is 0. The number of nitrogens with one attached hydrogen (secondary N) is 3. The standard InChI is InChI=1S/C18H14N6O4S/c19-17-13-8-9-27-18(13)20-10-24(17)12-6-4-11(5-7-12)23-29(25,26)15-3-1-2-14-16(15)22-28-21-14/h1-9,19-20,23H,10H2. The predicted molar refractivity (Wildman–Crippen MR) is 106 cm³/mol. The smallest absolute Gasteiger partial charge is 0.264 e. The van der Waals surface area contributed by atoms with E-state index in [1.54, 1.807) is 47.4 Å². The number of fused-ring (bicyclic) bond motifs is 2. The third-order valence-corrected chi connectivity index (χ3v) is 5.97. The number of amidine groups is 1. The van der Waals surface area contributed by atoms with E-state index < -0.39 is 10.0 Å². The molecule has 0 bridgehead atoms. The zero-order chi connectivity index (χ0) is 20.0. The van der Waals surface area contributed by atoms with Gasteiger partial charge in [-0.05, 0) is 52.8 Å². The zero-order valence-corrected chi connectivity index (χ0v) is 15.6. The quantitative estimate of drug-likeness (QED) is 0.467. The minimum atomic E-state index is -3.88. The Morgan fingerprint density at radius 2 is 1.93 bits per heavy atom. The summed E-state index contributed by atoms with van der Waals surface area (Å²) in [4.78, 5) is 1.73. The molecule has 0 atom stereocenters. The summed E-state index contributed by atoms with van der Waals surface area (Å²) in [6.07, 6.45) is 1.53. The highest BCUT2D eigenvalue weighted by atomic mass is 32.2. The lowest BCUT2D eigenvalue weighted by Gasteiger charge is -2.29. The van der Waals surface area contributed by atoms with Crippen molar-refractivity contribution in [1.82, 2.24) is 10.3 Å². The van der Waals surface area contributed by atoms with E-state index in [-0.39, 0.29) is 10.4 Å². The molecule has 2 aromatic heterocycles. The van der Waals surface area contributed by atoms with E-state index in [0.717, 1.165) is 5.69 Å². The van der Waals surface area contributed by atoms with Crippen molar-refractivity contribution in [3.05, 3.63) is 60.4 Å². The number of sulfonamides is 1. The lowest BCUT2D eigenvalue weighted by atomic mass is 10.2. The van der Waals surface area contributed by atoms with Gasteiger partial charge in [0, 0.05) is 11.4 Å². The summed E-state index contributed by atoms with van der Waals surface area (Å²) in [6, 6.07) is 13.1. The first-order valence-corrected chi connectivity index (χ1v) is 10.0. The van der Waals surface area contributed by atoms with Crippen molar-refractivity contribution in [2.75, 3.05) is 21.6 Å². The lowest BCUT2D eigenvalue weighted by molar-refractivity contribution is 0.315. The van der Waals surface area contributed by atoms with Crippen LogP contribution in [0.1, 0.15) is 5.56 Å². The number of nitrogens with zero attached hydrogens (tertiary/aromatic N) is 3. The molecule has 5 rings (SSSR count). The monoisotopic (exact) mass is 410 g/mol. The highest BCUT2D eigenvalue weighted by Gasteiger charge is 2.25.